The van der Waals surface area contributed by atoms with Crippen molar-refractivity contribution in [2.24, 2.45) is 7.05 Å². The van der Waals surface area contributed by atoms with Gasteiger partial charge in [-0.05, 0) is 31.5 Å². The fourth-order valence-electron chi connectivity index (χ4n) is 2.26. The van der Waals surface area contributed by atoms with Gasteiger partial charge < -0.3 is 9.88 Å². The summed E-state index contributed by atoms with van der Waals surface area (Å²) < 4.78 is 28.4. The van der Waals surface area contributed by atoms with Crippen LogP contribution in [0.3, 0.4) is 0 Å². The Kier molecular flexibility index (Phi) is 6.68. The van der Waals surface area contributed by atoms with Crippen LogP contribution in [0.5, 0.6) is 0 Å². The van der Waals surface area contributed by atoms with Crippen LogP contribution in [0.2, 0.25) is 10.0 Å². The number of halogens is 2. The molecule has 142 valence electrons. The van der Waals surface area contributed by atoms with Gasteiger partial charge in [0.1, 0.15) is 5.82 Å². The second kappa shape index (κ2) is 8.39. The van der Waals surface area contributed by atoms with Crippen LogP contribution in [0.4, 0.5) is 5.69 Å². The molecule has 1 aromatic heterocycles. The van der Waals surface area contributed by atoms with Gasteiger partial charge >= 0.3 is 0 Å². The summed E-state index contributed by atoms with van der Waals surface area (Å²) in [5, 5.41) is 3.23. The zero-order valence-corrected chi connectivity index (χ0v) is 17.0. The minimum Gasteiger partial charge on any atom is -0.337 e. The summed E-state index contributed by atoms with van der Waals surface area (Å²) >= 11 is 11.9. The number of rotatable bonds is 7. The monoisotopic (exact) mass is 418 g/mol. The summed E-state index contributed by atoms with van der Waals surface area (Å²) in [5.74, 6) is 0.0500. The number of hydrogen-bond acceptors (Lipinski definition) is 4. The number of nitrogens with one attached hydrogen (secondary N) is 1. The van der Waals surface area contributed by atoms with E-state index < -0.39 is 15.9 Å². The van der Waals surface area contributed by atoms with Crippen molar-refractivity contribution < 1.29 is 13.2 Å². The Balaban J connectivity index is 2.21. The van der Waals surface area contributed by atoms with Crippen molar-refractivity contribution in [3.05, 3.63) is 40.3 Å². The number of carbonyl (C=O) groups excluding carboxylic acids is 1. The summed E-state index contributed by atoms with van der Waals surface area (Å²) in [6.07, 6.45) is 1.98. The van der Waals surface area contributed by atoms with Crippen molar-refractivity contribution in [1.82, 2.24) is 13.9 Å². The van der Waals surface area contributed by atoms with Gasteiger partial charge in [-0.25, -0.2) is 13.4 Å². The highest BCUT2D eigenvalue weighted by Crippen LogP contribution is 2.25. The Bertz CT molecular complexity index is 893. The first-order chi connectivity index (χ1) is 12.1. The van der Waals surface area contributed by atoms with Crippen molar-refractivity contribution in [2.75, 3.05) is 18.4 Å². The summed E-state index contributed by atoms with van der Waals surface area (Å²) in [4.78, 5) is 16.4. The predicted octanol–water partition coefficient (Wildman–Crippen LogP) is 3.07. The molecule has 2 aromatic rings. The van der Waals surface area contributed by atoms with Gasteiger partial charge in [0.2, 0.25) is 5.91 Å². The van der Waals surface area contributed by atoms with Crippen LogP contribution >= 0.6 is 23.2 Å². The number of aromatic nitrogens is 2. The number of amides is 1. The van der Waals surface area contributed by atoms with E-state index in [0.29, 0.717) is 28.0 Å². The van der Waals surface area contributed by atoms with E-state index in [1.165, 1.54) is 12.3 Å². The summed E-state index contributed by atoms with van der Waals surface area (Å²) in [7, 11) is -2.18. The first kappa shape index (κ1) is 20.7. The lowest BCUT2D eigenvalue weighted by Gasteiger charge is -2.20. The molecule has 0 saturated carbocycles. The van der Waals surface area contributed by atoms with Crippen LogP contribution in [0, 0.1) is 6.92 Å². The van der Waals surface area contributed by atoms with E-state index in [4.69, 9.17) is 23.2 Å². The number of aryl methyl sites for hydroxylation is 2. The van der Waals surface area contributed by atoms with Gasteiger partial charge in [-0.2, -0.15) is 4.31 Å². The lowest BCUT2D eigenvalue weighted by Crippen LogP contribution is -2.38. The molecule has 0 fully saturated rings. The molecule has 0 aliphatic carbocycles. The Morgan fingerprint density at radius 1 is 1.35 bits per heavy atom. The third kappa shape index (κ3) is 4.76. The maximum absolute atomic E-state index is 12.8. The molecular formula is C16H20Cl2N4O3S. The van der Waals surface area contributed by atoms with E-state index in [-0.39, 0.29) is 18.1 Å². The molecule has 1 aromatic carbocycles. The van der Waals surface area contributed by atoms with Gasteiger partial charge in [-0.15, -0.1) is 0 Å². The van der Waals surface area contributed by atoms with Crippen LogP contribution in [0.1, 0.15) is 19.2 Å². The first-order valence-electron chi connectivity index (χ1n) is 7.90. The molecule has 0 atom stereocenters. The molecule has 26 heavy (non-hydrogen) atoms. The van der Waals surface area contributed by atoms with Crippen LogP contribution in [0.25, 0.3) is 0 Å². The molecule has 0 radical (unpaired) electrons. The molecule has 2 rings (SSSR count). The lowest BCUT2D eigenvalue weighted by atomic mass is 10.3. The maximum Gasteiger partial charge on any atom is 0.262 e. The molecule has 7 nitrogen and oxygen atoms in total. The fourth-order valence-corrected chi connectivity index (χ4v) is 4.11. The van der Waals surface area contributed by atoms with E-state index in [1.54, 1.807) is 30.7 Å². The number of hydrogen-bond donors (Lipinski definition) is 1. The van der Waals surface area contributed by atoms with Crippen molar-refractivity contribution in [3.63, 3.8) is 0 Å². The SMILES string of the molecule is CCCN(CC(=O)Nc1cc(Cl)ccc1Cl)S(=O)(=O)c1cn(C)c(C)n1. The molecule has 10 heteroatoms. The molecule has 0 aliphatic heterocycles. The smallest absolute Gasteiger partial charge is 0.262 e. The molecular weight excluding hydrogens is 399 g/mol. The number of anilines is 1. The van der Waals surface area contributed by atoms with E-state index >= 15 is 0 Å². The molecule has 0 spiro atoms. The van der Waals surface area contributed by atoms with Crippen LogP contribution in [-0.4, -0.2) is 41.3 Å². The normalized spacial score (nSPS) is 11.8. The first-order valence-corrected chi connectivity index (χ1v) is 10.1. The van der Waals surface area contributed by atoms with Gasteiger partial charge in [-0.1, -0.05) is 30.1 Å². The standard InChI is InChI=1S/C16H20Cl2N4O3S/c1-4-7-22(26(24,25)16-10-21(3)11(2)19-16)9-15(23)20-14-8-12(17)5-6-13(14)18/h5-6,8,10H,4,7,9H2,1-3H3,(H,20,23). The predicted molar refractivity (Wildman–Crippen MR) is 102 cm³/mol. The Morgan fingerprint density at radius 2 is 2.04 bits per heavy atom. The fraction of sp³-hybridized carbons (Fsp3) is 0.375. The summed E-state index contributed by atoms with van der Waals surface area (Å²) in [6.45, 7) is 3.37. The number of sulfonamides is 1. The van der Waals surface area contributed by atoms with E-state index in [1.807, 2.05) is 6.92 Å². The summed E-state index contributed by atoms with van der Waals surface area (Å²) in [5.41, 5.74) is 0.326. The van der Waals surface area contributed by atoms with Gasteiger partial charge in [0.25, 0.3) is 10.0 Å². The molecule has 1 N–H and O–H groups in total. The third-order valence-electron chi connectivity index (χ3n) is 3.69. The highest BCUT2D eigenvalue weighted by atomic mass is 35.5. The van der Waals surface area contributed by atoms with Crippen LogP contribution in [-0.2, 0) is 21.9 Å². The van der Waals surface area contributed by atoms with Crippen molar-refractivity contribution in [2.45, 2.75) is 25.3 Å². The summed E-state index contributed by atoms with van der Waals surface area (Å²) in [6, 6.07) is 4.65. The van der Waals surface area contributed by atoms with Gasteiger partial charge in [-0.3, -0.25) is 4.79 Å². The average Bonchev–Trinajstić information content (AvgIpc) is 2.90. The quantitative estimate of drug-likeness (QED) is 0.748. The molecule has 1 heterocycles. The number of carbonyl (C=O) groups is 1. The third-order valence-corrected chi connectivity index (χ3v) is 5.97. The zero-order chi connectivity index (χ0) is 19.5. The maximum atomic E-state index is 12.8. The van der Waals surface area contributed by atoms with Crippen LogP contribution in [0.15, 0.2) is 29.4 Å². The van der Waals surface area contributed by atoms with Crippen molar-refractivity contribution >= 4 is 44.8 Å². The second-order valence-electron chi connectivity index (χ2n) is 5.75. The largest absolute Gasteiger partial charge is 0.337 e. The number of imidazole rings is 1. The molecule has 0 unspecified atom stereocenters. The van der Waals surface area contributed by atoms with Crippen molar-refractivity contribution in [1.29, 1.82) is 0 Å². The minimum absolute atomic E-state index is 0.0838. The van der Waals surface area contributed by atoms with Gasteiger partial charge in [0.15, 0.2) is 5.03 Å². The van der Waals surface area contributed by atoms with Crippen LogP contribution < -0.4 is 5.32 Å². The van der Waals surface area contributed by atoms with Crippen molar-refractivity contribution in [3.8, 4) is 0 Å². The Hall–Kier alpha value is -1.61. The second-order valence-corrected chi connectivity index (χ2v) is 8.48. The lowest BCUT2D eigenvalue weighted by molar-refractivity contribution is -0.116. The number of nitrogens with zero attached hydrogens (tertiary/aromatic N) is 3. The molecule has 0 bridgehead atoms. The minimum atomic E-state index is -3.89. The molecule has 0 aliphatic rings. The Labute approximate surface area is 163 Å². The molecule has 0 saturated heterocycles. The van der Waals surface area contributed by atoms with Gasteiger partial charge in [0, 0.05) is 24.8 Å². The van der Waals surface area contributed by atoms with E-state index in [2.05, 4.69) is 10.3 Å². The number of benzene rings is 1. The van der Waals surface area contributed by atoms with Gasteiger partial charge in [0.05, 0.1) is 17.3 Å². The Morgan fingerprint density at radius 3 is 2.62 bits per heavy atom. The zero-order valence-electron chi connectivity index (χ0n) is 14.7. The van der Waals surface area contributed by atoms with E-state index in [9.17, 15) is 13.2 Å². The van der Waals surface area contributed by atoms with E-state index in [0.717, 1.165) is 4.31 Å². The highest BCUT2D eigenvalue weighted by Gasteiger charge is 2.28. The topological polar surface area (TPSA) is 84.3 Å². The highest BCUT2D eigenvalue weighted by molar-refractivity contribution is 7.89. The average molecular weight is 419 g/mol. The molecule has 1 amide bonds.